The number of nitrogens with zero attached hydrogens (tertiary/aromatic N) is 1. The topological polar surface area (TPSA) is 41.6 Å². The van der Waals surface area contributed by atoms with Crippen LogP contribution in [0.2, 0.25) is 5.02 Å². The molecule has 1 aliphatic heterocycles. The maximum absolute atomic E-state index is 12.2. The predicted octanol–water partition coefficient (Wildman–Crippen LogP) is 2.63. The zero-order valence-electron chi connectivity index (χ0n) is 11.3. The molecule has 5 heteroatoms. The third-order valence-corrected chi connectivity index (χ3v) is 3.74. The molecule has 104 valence electrons. The number of methoxy groups -OCH3 is 1. The first-order valence-corrected chi connectivity index (χ1v) is 6.81. The zero-order valence-corrected chi connectivity index (χ0v) is 12.0. The number of likely N-dealkylation sites (tertiary alicyclic amines) is 1. The Labute approximate surface area is 118 Å². The SMILES string of the molecule is COc1ccc(Cl)cc1NC(=O)C1CCN(C)CC1. The van der Waals surface area contributed by atoms with Crippen LogP contribution >= 0.6 is 11.6 Å². The van der Waals surface area contributed by atoms with Gasteiger partial charge < -0.3 is 15.0 Å². The Morgan fingerprint density at radius 3 is 2.74 bits per heavy atom. The Bertz CT molecular complexity index is 457. The van der Waals surface area contributed by atoms with Gasteiger partial charge in [0.1, 0.15) is 5.75 Å². The summed E-state index contributed by atoms with van der Waals surface area (Å²) >= 11 is 5.95. The Balaban J connectivity index is 2.04. The van der Waals surface area contributed by atoms with Crippen LogP contribution in [0.5, 0.6) is 5.75 Å². The number of benzene rings is 1. The smallest absolute Gasteiger partial charge is 0.227 e. The molecule has 0 unspecified atom stereocenters. The van der Waals surface area contributed by atoms with Crippen molar-refractivity contribution in [2.24, 2.45) is 5.92 Å². The summed E-state index contributed by atoms with van der Waals surface area (Å²) in [6.45, 7) is 1.93. The molecule has 1 N–H and O–H groups in total. The number of piperidine rings is 1. The maximum atomic E-state index is 12.2. The molecule has 1 aromatic rings. The van der Waals surface area contributed by atoms with Crippen LogP contribution < -0.4 is 10.1 Å². The predicted molar refractivity (Wildman–Crippen MR) is 76.9 cm³/mol. The van der Waals surface area contributed by atoms with Gasteiger partial charge in [0.05, 0.1) is 12.8 Å². The van der Waals surface area contributed by atoms with E-state index < -0.39 is 0 Å². The van der Waals surface area contributed by atoms with Crippen molar-refractivity contribution >= 4 is 23.2 Å². The Morgan fingerprint density at radius 1 is 1.42 bits per heavy atom. The van der Waals surface area contributed by atoms with Crippen LogP contribution in [0.15, 0.2) is 18.2 Å². The second kappa shape index (κ2) is 6.26. The summed E-state index contributed by atoms with van der Waals surface area (Å²) in [5.41, 5.74) is 0.638. The highest BCUT2D eigenvalue weighted by Gasteiger charge is 2.24. The maximum Gasteiger partial charge on any atom is 0.227 e. The molecule has 1 amide bonds. The van der Waals surface area contributed by atoms with Crippen molar-refractivity contribution in [1.29, 1.82) is 0 Å². The van der Waals surface area contributed by atoms with E-state index in [0.29, 0.717) is 16.5 Å². The van der Waals surface area contributed by atoms with Crippen LogP contribution in [0, 0.1) is 5.92 Å². The molecule has 1 aromatic carbocycles. The summed E-state index contributed by atoms with van der Waals surface area (Å²) in [6.07, 6.45) is 1.79. The first-order chi connectivity index (χ1) is 9.10. The molecule has 1 heterocycles. The normalized spacial score (nSPS) is 17.2. The van der Waals surface area contributed by atoms with E-state index in [0.717, 1.165) is 25.9 Å². The minimum absolute atomic E-state index is 0.0497. The number of hydrogen-bond donors (Lipinski definition) is 1. The monoisotopic (exact) mass is 282 g/mol. The molecule has 0 aliphatic carbocycles. The Morgan fingerprint density at radius 2 is 2.11 bits per heavy atom. The molecule has 1 aliphatic rings. The number of carbonyl (C=O) groups is 1. The van der Waals surface area contributed by atoms with Crippen molar-refractivity contribution in [3.8, 4) is 5.75 Å². The lowest BCUT2D eigenvalue weighted by atomic mass is 9.96. The molecule has 19 heavy (non-hydrogen) atoms. The molecule has 2 rings (SSSR count). The molecule has 4 nitrogen and oxygen atoms in total. The number of nitrogens with one attached hydrogen (secondary N) is 1. The molecule has 0 radical (unpaired) electrons. The Hall–Kier alpha value is -1.26. The number of anilines is 1. The molecule has 0 atom stereocenters. The number of amides is 1. The van der Waals surface area contributed by atoms with Gasteiger partial charge in [-0.3, -0.25) is 4.79 Å². The third kappa shape index (κ3) is 3.61. The van der Waals surface area contributed by atoms with Gasteiger partial charge in [0.2, 0.25) is 5.91 Å². The lowest BCUT2D eigenvalue weighted by Crippen LogP contribution is -2.35. The average molecular weight is 283 g/mol. The summed E-state index contributed by atoms with van der Waals surface area (Å²) < 4.78 is 5.22. The van der Waals surface area contributed by atoms with Crippen LogP contribution in [0.4, 0.5) is 5.69 Å². The highest BCUT2D eigenvalue weighted by atomic mass is 35.5. The van der Waals surface area contributed by atoms with Gasteiger partial charge in [0.15, 0.2) is 0 Å². The van der Waals surface area contributed by atoms with Gasteiger partial charge >= 0.3 is 0 Å². The van der Waals surface area contributed by atoms with Crippen molar-refractivity contribution in [3.05, 3.63) is 23.2 Å². The molecular weight excluding hydrogens is 264 g/mol. The fraction of sp³-hybridized carbons (Fsp3) is 0.500. The number of carbonyl (C=O) groups excluding carboxylic acids is 1. The number of rotatable bonds is 3. The molecule has 0 aromatic heterocycles. The van der Waals surface area contributed by atoms with Crippen molar-refractivity contribution in [3.63, 3.8) is 0 Å². The van der Waals surface area contributed by atoms with Gasteiger partial charge in [-0.05, 0) is 51.2 Å². The first kappa shape index (κ1) is 14.2. The van der Waals surface area contributed by atoms with E-state index in [9.17, 15) is 4.79 Å². The standard InChI is InChI=1S/C14H19ClN2O2/c1-17-7-5-10(6-8-17)14(18)16-12-9-11(15)3-4-13(12)19-2/h3-4,9-10H,5-8H2,1-2H3,(H,16,18). The molecule has 1 saturated heterocycles. The van der Waals surface area contributed by atoms with Gasteiger partial charge in [-0.25, -0.2) is 0 Å². The lowest BCUT2D eigenvalue weighted by molar-refractivity contribution is -0.121. The number of hydrogen-bond acceptors (Lipinski definition) is 3. The zero-order chi connectivity index (χ0) is 13.8. The minimum atomic E-state index is 0.0497. The lowest BCUT2D eigenvalue weighted by Gasteiger charge is -2.28. The Kier molecular flexibility index (Phi) is 4.66. The van der Waals surface area contributed by atoms with Crippen LogP contribution in [0.3, 0.4) is 0 Å². The van der Waals surface area contributed by atoms with Gasteiger partial charge in [-0.2, -0.15) is 0 Å². The highest BCUT2D eigenvalue weighted by Crippen LogP contribution is 2.29. The van der Waals surface area contributed by atoms with E-state index in [1.54, 1.807) is 25.3 Å². The molecule has 0 saturated carbocycles. The van der Waals surface area contributed by atoms with Crippen LogP contribution in [-0.4, -0.2) is 38.1 Å². The van der Waals surface area contributed by atoms with E-state index in [1.165, 1.54) is 0 Å². The van der Waals surface area contributed by atoms with Crippen molar-refractivity contribution in [1.82, 2.24) is 4.90 Å². The van der Waals surface area contributed by atoms with Gasteiger partial charge in [-0.1, -0.05) is 11.6 Å². The van der Waals surface area contributed by atoms with Crippen molar-refractivity contribution in [2.75, 3.05) is 32.6 Å². The summed E-state index contributed by atoms with van der Waals surface area (Å²) in [6, 6.07) is 5.21. The fourth-order valence-electron chi connectivity index (χ4n) is 2.28. The van der Waals surface area contributed by atoms with Crippen LogP contribution in [0.1, 0.15) is 12.8 Å². The van der Waals surface area contributed by atoms with Gasteiger partial charge in [-0.15, -0.1) is 0 Å². The van der Waals surface area contributed by atoms with Crippen LogP contribution in [-0.2, 0) is 4.79 Å². The van der Waals surface area contributed by atoms with Crippen LogP contribution in [0.25, 0.3) is 0 Å². The van der Waals surface area contributed by atoms with Gasteiger partial charge in [0, 0.05) is 10.9 Å². The highest BCUT2D eigenvalue weighted by molar-refractivity contribution is 6.31. The van der Waals surface area contributed by atoms with Crippen molar-refractivity contribution < 1.29 is 9.53 Å². The van der Waals surface area contributed by atoms with E-state index in [4.69, 9.17) is 16.3 Å². The summed E-state index contributed by atoms with van der Waals surface area (Å²) in [5.74, 6) is 0.749. The molecule has 1 fully saturated rings. The van der Waals surface area contributed by atoms with E-state index in [-0.39, 0.29) is 11.8 Å². The molecule has 0 spiro atoms. The number of ether oxygens (including phenoxy) is 1. The number of halogens is 1. The van der Waals surface area contributed by atoms with E-state index in [1.807, 2.05) is 0 Å². The minimum Gasteiger partial charge on any atom is -0.495 e. The van der Waals surface area contributed by atoms with E-state index in [2.05, 4.69) is 17.3 Å². The fourth-order valence-corrected chi connectivity index (χ4v) is 2.46. The summed E-state index contributed by atoms with van der Waals surface area (Å²) in [7, 11) is 3.66. The van der Waals surface area contributed by atoms with Crippen molar-refractivity contribution in [2.45, 2.75) is 12.8 Å². The average Bonchev–Trinajstić information content (AvgIpc) is 2.39. The second-order valence-electron chi connectivity index (χ2n) is 4.91. The quantitative estimate of drug-likeness (QED) is 0.927. The second-order valence-corrected chi connectivity index (χ2v) is 5.35. The third-order valence-electron chi connectivity index (χ3n) is 3.51. The largest absolute Gasteiger partial charge is 0.495 e. The summed E-state index contributed by atoms with van der Waals surface area (Å²) in [4.78, 5) is 14.5. The van der Waals surface area contributed by atoms with Gasteiger partial charge in [0.25, 0.3) is 0 Å². The molecular formula is C14H19ClN2O2. The molecule has 0 bridgehead atoms. The summed E-state index contributed by atoms with van der Waals surface area (Å²) in [5, 5.41) is 3.50. The first-order valence-electron chi connectivity index (χ1n) is 6.43. The van der Waals surface area contributed by atoms with E-state index >= 15 is 0 Å².